The maximum Gasteiger partial charge on any atom is 0.273 e. The van der Waals surface area contributed by atoms with Crippen molar-refractivity contribution in [1.82, 2.24) is 25.6 Å². The lowest BCUT2D eigenvalue weighted by molar-refractivity contribution is 0.0955. The van der Waals surface area contributed by atoms with Gasteiger partial charge >= 0.3 is 0 Å². The number of para-hydroxylation sites is 1. The van der Waals surface area contributed by atoms with Gasteiger partial charge in [0.1, 0.15) is 12.1 Å². The normalized spacial score (nSPS) is 11.2. The number of hydrogen-bond donors (Lipinski definition) is 2. The summed E-state index contributed by atoms with van der Waals surface area (Å²) < 4.78 is 15.4. The van der Waals surface area contributed by atoms with Gasteiger partial charge in [-0.15, -0.1) is 5.10 Å². The Labute approximate surface area is 187 Å². The van der Waals surface area contributed by atoms with E-state index >= 15 is 0 Å². The Hall–Kier alpha value is -4.73. The van der Waals surface area contributed by atoms with E-state index in [9.17, 15) is 14.0 Å². The lowest BCUT2D eigenvalue weighted by Crippen LogP contribution is -2.22. The molecule has 4 rings (SSSR count). The SMILES string of the molecule is CC(=NNC(=O)c1ccccc1NC(=O)c1ccccc1F)c1cccc(-n2cnnn2)c1. The smallest absolute Gasteiger partial charge is 0.273 e. The van der Waals surface area contributed by atoms with Crippen LogP contribution in [0.1, 0.15) is 33.2 Å². The fourth-order valence-electron chi connectivity index (χ4n) is 3.04. The van der Waals surface area contributed by atoms with Crippen LogP contribution >= 0.6 is 0 Å². The summed E-state index contributed by atoms with van der Waals surface area (Å²) in [5.74, 6) is -1.84. The number of hydrogen-bond acceptors (Lipinski definition) is 6. The topological polar surface area (TPSA) is 114 Å². The molecule has 4 aromatic rings. The molecule has 0 fully saturated rings. The number of anilines is 1. The molecule has 9 nitrogen and oxygen atoms in total. The second kappa shape index (κ2) is 9.60. The third kappa shape index (κ3) is 4.96. The lowest BCUT2D eigenvalue weighted by atomic mass is 10.1. The van der Waals surface area contributed by atoms with Crippen LogP contribution in [-0.4, -0.2) is 37.7 Å². The van der Waals surface area contributed by atoms with Crippen molar-refractivity contribution >= 4 is 23.2 Å². The van der Waals surface area contributed by atoms with Crippen molar-refractivity contribution in [2.75, 3.05) is 5.32 Å². The first-order valence-corrected chi connectivity index (χ1v) is 9.86. The van der Waals surface area contributed by atoms with E-state index in [4.69, 9.17) is 0 Å². The first-order valence-electron chi connectivity index (χ1n) is 9.86. The van der Waals surface area contributed by atoms with Crippen LogP contribution in [0.4, 0.5) is 10.1 Å². The molecule has 3 aromatic carbocycles. The van der Waals surface area contributed by atoms with Crippen LogP contribution < -0.4 is 10.7 Å². The fourth-order valence-corrected chi connectivity index (χ4v) is 3.04. The number of aromatic nitrogens is 4. The van der Waals surface area contributed by atoms with Gasteiger partial charge in [-0.25, -0.2) is 14.5 Å². The molecule has 2 N–H and O–H groups in total. The van der Waals surface area contributed by atoms with E-state index in [1.807, 2.05) is 24.3 Å². The van der Waals surface area contributed by atoms with Crippen molar-refractivity contribution in [2.24, 2.45) is 5.10 Å². The molecular formula is C23H18FN7O2. The van der Waals surface area contributed by atoms with Crippen LogP contribution in [-0.2, 0) is 0 Å². The van der Waals surface area contributed by atoms with Crippen molar-refractivity contribution < 1.29 is 14.0 Å². The van der Waals surface area contributed by atoms with Gasteiger partial charge in [-0.2, -0.15) is 5.10 Å². The van der Waals surface area contributed by atoms with Crippen molar-refractivity contribution in [2.45, 2.75) is 6.92 Å². The maximum absolute atomic E-state index is 13.9. The summed E-state index contributed by atoms with van der Waals surface area (Å²) in [4.78, 5) is 25.2. The molecule has 0 aliphatic carbocycles. The quantitative estimate of drug-likeness (QED) is 0.351. The van der Waals surface area contributed by atoms with Crippen LogP contribution in [0.5, 0.6) is 0 Å². The number of hydrazone groups is 1. The van der Waals surface area contributed by atoms with Gasteiger partial charge in [0.05, 0.1) is 28.2 Å². The van der Waals surface area contributed by atoms with E-state index in [1.54, 1.807) is 31.2 Å². The van der Waals surface area contributed by atoms with Crippen LogP contribution in [0.3, 0.4) is 0 Å². The fraction of sp³-hybridized carbons (Fsp3) is 0.0435. The van der Waals surface area contributed by atoms with Crippen LogP contribution in [0, 0.1) is 5.82 Å². The number of nitrogens with zero attached hydrogens (tertiary/aromatic N) is 5. The molecule has 2 amide bonds. The average Bonchev–Trinajstić information content (AvgIpc) is 3.38. The minimum atomic E-state index is -0.660. The molecule has 1 aromatic heterocycles. The zero-order valence-corrected chi connectivity index (χ0v) is 17.4. The molecule has 0 saturated heterocycles. The number of carbonyl (C=O) groups is 2. The monoisotopic (exact) mass is 443 g/mol. The Morgan fingerprint density at radius 1 is 0.939 bits per heavy atom. The molecule has 0 bridgehead atoms. The second-order valence-corrected chi connectivity index (χ2v) is 6.92. The Balaban J connectivity index is 1.50. The van der Waals surface area contributed by atoms with Crippen LogP contribution in [0.2, 0.25) is 0 Å². The molecule has 0 aliphatic heterocycles. The lowest BCUT2D eigenvalue weighted by Gasteiger charge is -2.11. The molecule has 0 unspecified atom stereocenters. The van der Waals surface area contributed by atoms with E-state index in [0.717, 1.165) is 11.3 Å². The van der Waals surface area contributed by atoms with Gasteiger partial charge < -0.3 is 5.32 Å². The van der Waals surface area contributed by atoms with Gasteiger partial charge in [-0.3, -0.25) is 9.59 Å². The predicted molar refractivity (Wildman–Crippen MR) is 120 cm³/mol. The average molecular weight is 443 g/mol. The van der Waals surface area contributed by atoms with Crippen LogP contribution in [0.15, 0.2) is 84.2 Å². The maximum atomic E-state index is 13.9. The van der Waals surface area contributed by atoms with Crippen molar-refractivity contribution in [1.29, 1.82) is 0 Å². The molecule has 0 spiro atoms. The van der Waals surface area contributed by atoms with Gasteiger partial charge in [-0.05, 0) is 59.3 Å². The van der Waals surface area contributed by atoms with Gasteiger partial charge in [0.2, 0.25) is 0 Å². The number of amides is 2. The number of nitrogens with one attached hydrogen (secondary N) is 2. The molecule has 10 heteroatoms. The molecule has 164 valence electrons. The van der Waals surface area contributed by atoms with E-state index in [0.29, 0.717) is 5.71 Å². The summed E-state index contributed by atoms with van der Waals surface area (Å²) in [7, 11) is 0. The summed E-state index contributed by atoms with van der Waals surface area (Å²) in [6.07, 6.45) is 1.47. The summed E-state index contributed by atoms with van der Waals surface area (Å²) in [5.41, 5.74) is 4.82. The van der Waals surface area contributed by atoms with E-state index < -0.39 is 17.6 Å². The first-order chi connectivity index (χ1) is 16.0. The van der Waals surface area contributed by atoms with Gasteiger partial charge in [0.25, 0.3) is 11.8 Å². The third-order valence-corrected chi connectivity index (χ3v) is 4.74. The molecule has 33 heavy (non-hydrogen) atoms. The van der Waals surface area contributed by atoms with Gasteiger partial charge in [0.15, 0.2) is 0 Å². The molecule has 0 aliphatic rings. The summed E-state index contributed by atoms with van der Waals surface area (Å²) in [6.45, 7) is 1.74. The Bertz CT molecular complexity index is 1340. The van der Waals surface area contributed by atoms with Gasteiger partial charge in [-0.1, -0.05) is 36.4 Å². The Morgan fingerprint density at radius 3 is 2.45 bits per heavy atom. The number of rotatable bonds is 6. The number of benzene rings is 3. The number of halogens is 1. The van der Waals surface area contributed by atoms with Crippen molar-refractivity contribution in [3.8, 4) is 5.69 Å². The molecule has 0 radical (unpaired) electrons. The summed E-state index contributed by atoms with van der Waals surface area (Å²) in [5, 5.41) is 17.8. The summed E-state index contributed by atoms with van der Waals surface area (Å²) >= 11 is 0. The molecule has 0 atom stereocenters. The minimum Gasteiger partial charge on any atom is -0.321 e. The number of tetrazole rings is 1. The molecule has 1 heterocycles. The van der Waals surface area contributed by atoms with E-state index in [1.165, 1.54) is 35.3 Å². The third-order valence-electron chi connectivity index (χ3n) is 4.74. The van der Waals surface area contributed by atoms with E-state index in [-0.39, 0.29) is 16.8 Å². The van der Waals surface area contributed by atoms with Gasteiger partial charge in [0, 0.05) is 0 Å². The number of carbonyl (C=O) groups excluding carboxylic acids is 2. The van der Waals surface area contributed by atoms with Crippen molar-refractivity contribution in [3.63, 3.8) is 0 Å². The molecule has 0 saturated carbocycles. The Morgan fingerprint density at radius 2 is 1.70 bits per heavy atom. The van der Waals surface area contributed by atoms with Crippen molar-refractivity contribution in [3.05, 3.63) is 102 Å². The van der Waals surface area contributed by atoms with Crippen LogP contribution in [0.25, 0.3) is 5.69 Å². The second-order valence-electron chi connectivity index (χ2n) is 6.92. The zero-order valence-electron chi connectivity index (χ0n) is 17.4. The highest BCUT2D eigenvalue weighted by Crippen LogP contribution is 2.17. The standard InChI is InChI=1S/C23H18FN7O2/c1-15(16-7-6-8-17(13-16)31-14-25-29-30-31)27-28-23(33)19-10-3-5-12-21(19)26-22(32)18-9-2-4-11-20(18)24/h2-14H,1H3,(H,26,32)(H,28,33). The van der Waals surface area contributed by atoms with E-state index in [2.05, 4.69) is 31.4 Å². The minimum absolute atomic E-state index is 0.121. The largest absolute Gasteiger partial charge is 0.321 e. The Kier molecular flexibility index (Phi) is 6.26. The summed E-state index contributed by atoms with van der Waals surface area (Å²) in [6, 6.07) is 19.3. The zero-order chi connectivity index (χ0) is 23.2. The predicted octanol–water partition coefficient (Wildman–Crippen LogP) is 3.21. The molecular weight excluding hydrogens is 425 g/mol. The highest BCUT2D eigenvalue weighted by molar-refractivity contribution is 6.09. The highest BCUT2D eigenvalue weighted by Gasteiger charge is 2.16. The first kappa shape index (κ1) is 21.5. The highest BCUT2D eigenvalue weighted by atomic mass is 19.1.